The van der Waals surface area contributed by atoms with Gasteiger partial charge in [0.1, 0.15) is 17.7 Å². The van der Waals surface area contributed by atoms with Gasteiger partial charge in [0.05, 0.1) is 12.2 Å². The zero-order valence-electron chi connectivity index (χ0n) is 14.6. The Balaban J connectivity index is 0.00000225. The normalized spacial score (nSPS) is 15.9. The maximum absolute atomic E-state index is 5.13. The fourth-order valence-corrected chi connectivity index (χ4v) is 2.74. The SMILES string of the molecule is CCNC(=NCc1ccon1)N1CCN(Cc2cc(C)on2)CC1.I. The van der Waals surface area contributed by atoms with Crippen molar-refractivity contribution in [3.05, 3.63) is 35.5 Å². The van der Waals surface area contributed by atoms with Gasteiger partial charge in [-0.05, 0) is 13.8 Å². The molecule has 9 heteroatoms. The van der Waals surface area contributed by atoms with E-state index in [0.29, 0.717) is 6.54 Å². The fourth-order valence-electron chi connectivity index (χ4n) is 2.74. The molecule has 0 unspecified atom stereocenters. The highest BCUT2D eigenvalue weighted by Gasteiger charge is 2.20. The maximum atomic E-state index is 5.13. The van der Waals surface area contributed by atoms with Crippen LogP contribution in [0.5, 0.6) is 0 Å². The monoisotopic (exact) mass is 460 g/mol. The Hall–Kier alpha value is -1.62. The van der Waals surface area contributed by atoms with Gasteiger partial charge in [0.15, 0.2) is 5.96 Å². The second kappa shape index (κ2) is 9.76. The lowest BCUT2D eigenvalue weighted by atomic mass is 10.3. The van der Waals surface area contributed by atoms with E-state index >= 15 is 0 Å². The van der Waals surface area contributed by atoms with Crippen LogP contribution in [0.25, 0.3) is 0 Å². The molecule has 2 aromatic rings. The van der Waals surface area contributed by atoms with Gasteiger partial charge in [-0.2, -0.15) is 0 Å². The topological polar surface area (TPSA) is 82.9 Å². The van der Waals surface area contributed by atoms with E-state index in [1.165, 1.54) is 0 Å². The van der Waals surface area contributed by atoms with Crippen LogP contribution in [0.4, 0.5) is 0 Å². The number of rotatable bonds is 5. The summed E-state index contributed by atoms with van der Waals surface area (Å²) in [4.78, 5) is 9.32. The van der Waals surface area contributed by atoms with Crippen molar-refractivity contribution in [3.63, 3.8) is 0 Å². The van der Waals surface area contributed by atoms with E-state index in [1.807, 2.05) is 19.1 Å². The van der Waals surface area contributed by atoms with Crippen molar-refractivity contribution < 1.29 is 9.05 Å². The van der Waals surface area contributed by atoms with E-state index in [9.17, 15) is 0 Å². The van der Waals surface area contributed by atoms with Gasteiger partial charge >= 0.3 is 0 Å². The van der Waals surface area contributed by atoms with Gasteiger partial charge in [-0.3, -0.25) is 4.90 Å². The summed E-state index contributed by atoms with van der Waals surface area (Å²) in [6.07, 6.45) is 1.57. The summed E-state index contributed by atoms with van der Waals surface area (Å²) < 4.78 is 9.99. The molecule has 1 aliphatic rings. The Morgan fingerprint density at radius 2 is 2.04 bits per heavy atom. The lowest BCUT2D eigenvalue weighted by Crippen LogP contribution is -2.52. The number of nitrogens with one attached hydrogen (secondary N) is 1. The molecule has 0 radical (unpaired) electrons. The highest BCUT2D eigenvalue weighted by Crippen LogP contribution is 2.09. The van der Waals surface area contributed by atoms with Crippen LogP contribution in [0.15, 0.2) is 32.4 Å². The van der Waals surface area contributed by atoms with Crippen LogP contribution in [0.1, 0.15) is 24.1 Å². The average Bonchev–Trinajstić information content (AvgIpc) is 3.24. The molecule has 1 aliphatic heterocycles. The van der Waals surface area contributed by atoms with Crippen LogP contribution in [-0.4, -0.2) is 58.8 Å². The van der Waals surface area contributed by atoms with Gasteiger partial charge in [0.25, 0.3) is 0 Å². The summed E-state index contributed by atoms with van der Waals surface area (Å²) in [6.45, 7) is 10.0. The Bertz CT molecular complexity index is 649. The molecule has 0 spiro atoms. The maximum Gasteiger partial charge on any atom is 0.194 e. The lowest BCUT2D eigenvalue weighted by Gasteiger charge is -2.36. The molecule has 1 saturated heterocycles. The van der Waals surface area contributed by atoms with Crippen molar-refractivity contribution in [1.82, 2.24) is 25.4 Å². The molecule has 2 aromatic heterocycles. The molecule has 1 fully saturated rings. The molecule has 25 heavy (non-hydrogen) atoms. The van der Waals surface area contributed by atoms with Crippen molar-refractivity contribution in [2.75, 3.05) is 32.7 Å². The van der Waals surface area contributed by atoms with Gasteiger partial charge in [0, 0.05) is 51.4 Å². The first-order chi connectivity index (χ1) is 11.7. The second-order valence-corrected chi connectivity index (χ2v) is 5.85. The zero-order chi connectivity index (χ0) is 16.8. The highest BCUT2D eigenvalue weighted by molar-refractivity contribution is 14.0. The predicted molar refractivity (Wildman–Crippen MR) is 105 cm³/mol. The zero-order valence-corrected chi connectivity index (χ0v) is 17.0. The standard InChI is InChI=1S/C16H24N6O2.HI/c1-3-17-16(18-11-14-4-9-23-19-14)22-7-5-21(6-8-22)12-15-10-13(2)24-20-15;/h4,9-10H,3,5-8,11-12H2,1-2H3,(H,17,18);1H. The van der Waals surface area contributed by atoms with Crippen LogP contribution in [0.3, 0.4) is 0 Å². The van der Waals surface area contributed by atoms with Crippen molar-refractivity contribution in [3.8, 4) is 0 Å². The molecule has 0 saturated carbocycles. The van der Waals surface area contributed by atoms with Gasteiger partial charge in [-0.1, -0.05) is 10.3 Å². The fraction of sp³-hybridized carbons (Fsp3) is 0.562. The number of piperazine rings is 1. The summed E-state index contributed by atoms with van der Waals surface area (Å²) >= 11 is 0. The van der Waals surface area contributed by atoms with E-state index in [4.69, 9.17) is 9.05 Å². The first kappa shape index (κ1) is 19.7. The molecule has 0 aliphatic carbocycles. The summed E-state index contributed by atoms with van der Waals surface area (Å²) in [5.74, 6) is 1.79. The summed E-state index contributed by atoms with van der Waals surface area (Å²) in [7, 11) is 0. The molecule has 3 rings (SSSR count). The minimum absolute atomic E-state index is 0. The summed E-state index contributed by atoms with van der Waals surface area (Å²) in [5.41, 5.74) is 1.83. The molecular weight excluding hydrogens is 435 g/mol. The Morgan fingerprint density at radius 3 is 2.64 bits per heavy atom. The number of aromatic nitrogens is 2. The van der Waals surface area contributed by atoms with Crippen LogP contribution in [0.2, 0.25) is 0 Å². The van der Waals surface area contributed by atoms with Crippen LogP contribution in [-0.2, 0) is 13.1 Å². The molecule has 0 bridgehead atoms. The first-order valence-corrected chi connectivity index (χ1v) is 8.31. The van der Waals surface area contributed by atoms with E-state index in [1.54, 1.807) is 6.26 Å². The minimum Gasteiger partial charge on any atom is -0.364 e. The lowest BCUT2D eigenvalue weighted by molar-refractivity contribution is 0.169. The van der Waals surface area contributed by atoms with Crippen molar-refractivity contribution >= 4 is 29.9 Å². The van der Waals surface area contributed by atoms with Crippen molar-refractivity contribution in [1.29, 1.82) is 0 Å². The van der Waals surface area contributed by atoms with E-state index in [0.717, 1.165) is 62.4 Å². The minimum atomic E-state index is 0. The van der Waals surface area contributed by atoms with E-state index < -0.39 is 0 Å². The van der Waals surface area contributed by atoms with Crippen molar-refractivity contribution in [2.45, 2.75) is 26.9 Å². The highest BCUT2D eigenvalue weighted by atomic mass is 127. The third-order valence-electron chi connectivity index (χ3n) is 3.95. The third-order valence-corrected chi connectivity index (χ3v) is 3.95. The number of aliphatic imine (C=N–C) groups is 1. The van der Waals surface area contributed by atoms with Crippen molar-refractivity contribution in [2.24, 2.45) is 4.99 Å². The molecule has 0 atom stereocenters. The molecular formula is C16H25IN6O2. The molecule has 8 nitrogen and oxygen atoms in total. The number of guanidine groups is 1. The number of nitrogens with zero attached hydrogens (tertiary/aromatic N) is 5. The molecule has 1 N–H and O–H groups in total. The number of aryl methyl sites for hydroxylation is 1. The van der Waals surface area contributed by atoms with Crippen LogP contribution < -0.4 is 5.32 Å². The Labute approximate surface area is 164 Å². The van der Waals surface area contributed by atoms with E-state index in [-0.39, 0.29) is 24.0 Å². The average molecular weight is 460 g/mol. The second-order valence-electron chi connectivity index (χ2n) is 5.85. The number of hydrogen-bond donors (Lipinski definition) is 1. The van der Waals surface area contributed by atoms with Gasteiger partial charge in [-0.25, -0.2) is 4.99 Å². The molecule has 138 valence electrons. The van der Waals surface area contributed by atoms with Crippen LogP contribution >= 0.6 is 24.0 Å². The molecule has 0 amide bonds. The Kier molecular flexibility index (Phi) is 7.69. The quantitative estimate of drug-likeness (QED) is 0.415. The molecule has 3 heterocycles. The summed E-state index contributed by atoms with van der Waals surface area (Å²) in [5, 5.41) is 11.3. The van der Waals surface area contributed by atoms with Gasteiger partial charge in [0.2, 0.25) is 0 Å². The first-order valence-electron chi connectivity index (χ1n) is 8.31. The van der Waals surface area contributed by atoms with Crippen LogP contribution in [0, 0.1) is 6.92 Å². The smallest absolute Gasteiger partial charge is 0.194 e. The Morgan fingerprint density at radius 1 is 1.24 bits per heavy atom. The van der Waals surface area contributed by atoms with Gasteiger partial charge < -0.3 is 19.3 Å². The summed E-state index contributed by atoms with van der Waals surface area (Å²) in [6, 6.07) is 3.83. The third kappa shape index (κ3) is 5.70. The largest absolute Gasteiger partial charge is 0.364 e. The number of hydrogen-bond acceptors (Lipinski definition) is 6. The van der Waals surface area contributed by atoms with E-state index in [2.05, 4.69) is 37.3 Å². The number of halogens is 1. The molecule has 0 aromatic carbocycles. The van der Waals surface area contributed by atoms with Gasteiger partial charge in [-0.15, -0.1) is 24.0 Å². The predicted octanol–water partition coefficient (Wildman–Crippen LogP) is 1.87.